The number of hydrogen-bond donors (Lipinski definition) is 2. The number of esters is 1. The van der Waals surface area contributed by atoms with Gasteiger partial charge in [-0.25, -0.2) is 4.79 Å². The molecule has 4 nitrogen and oxygen atoms in total. The molecule has 0 saturated carbocycles. The Kier molecular flexibility index (Phi) is 10.5. The molecule has 0 saturated heterocycles. The average molecular weight is 310 g/mol. The highest BCUT2D eigenvalue weighted by atomic mass is 16.5. The lowest BCUT2D eigenvalue weighted by Crippen LogP contribution is -2.12. The number of aliphatic hydroxyl groups excluding tert-OH is 2. The number of methoxy groups -OCH3 is 1. The van der Waals surface area contributed by atoms with Gasteiger partial charge in [-0.2, -0.15) is 0 Å². The lowest BCUT2D eigenvalue weighted by molar-refractivity contribution is -0.134. The first kappa shape index (κ1) is 20.6. The maximum Gasteiger partial charge on any atom is 0.330 e. The Morgan fingerprint density at radius 2 is 1.77 bits per heavy atom. The molecule has 0 aromatic rings. The first-order chi connectivity index (χ1) is 10.3. The van der Waals surface area contributed by atoms with Gasteiger partial charge >= 0.3 is 5.97 Å². The first-order valence-electron chi connectivity index (χ1n) is 7.73. The second-order valence-corrected chi connectivity index (χ2v) is 5.80. The number of hydrogen-bond acceptors (Lipinski definition) is 4. The van der Waals surface area contributed by atoms with Crippen LogP contribution < -0.4 is 0 Å². The molecular formula is C18H30O4. The van der Waals surface area contributed by atoms with Crippen molar-refractivity contribution in [3.8, 4) is 0 Å². The monoisotopic (exact) mass is 310 g/mol. The van der Waals surface area contributed by atoms with Crippen LogP contribution >= 0.6 is 0 Å². The van der Waals surface area contributed by atoms with Crippen molar-refractivity contribution in [2.75, 3.05) is 7.11 Å². The van der Waals surface area contributed by atoms with Crippen LogP contribution in [0.3, 0.4) is 0 Å². The predicted molar refractivity (Wildman–Crippen MR) is 89.4 cm³/mol. The molecule has 0 aromatic carbocycles. The van der Waals surface area contributed by atoms with Gasteiger partial charge in [0.2, 0.25) is 0 Å². The van der Waals surface area contributed by atoms with Crippen molar-refractivity contribution < 1.29 is 19.7 Å². The minimum absolute atomic E-state index is 0.256. The summed E-state index contributed by atoms with van der Waals surface area (Å²) in [6, 6.07) is 0. The van der Waals surface area contributed by atoms with E-state index in [-0.39, 0.29) is 12.0 Å². The Morgan fingerprint density at radius 3 is 2.32 bits per heavy atom. The third kappa shape index (κ3) is 9.53. The van der Waals surface area contributed by atoms with Gasteiger partial charge < -0.3 is 14.9 Å². The van der Waals surface area contributed by atoms with E-state index in [2.05, 4.69) is 4.74 Å². The van der Waals surface area contributed by atoms with Crippen molar-refractivity contribution in [1.82, 2.24) is 0 Å². The molecule has 0 bridgehead atoms. The third-order valence-electron chi connectivity index (χ3n) is 3.78. The summed E-state index contributed by atoms with van der Waals surface area (Å²) < 4.78 is 4.52. The van der Waals surface area contributed by atoms with E-state index >= 15 is 0 Å². The second kappa shape index (κ2) is 11.2. The number of carbonyl (C=O) groups excluding carboxylic acids is 1. The van der Waals surface area contributed by atoms with E-state index in [9.17, 15) is 15.0 Å². The predicted octanol–water partition coefficient (Wildman–Crippen LogP) is 3.16. The number of rotatable bonds is 9. The Hall–Kier alpha value is -1.39. The lowest BCUT2D eigenvalue weighted by atomic mass is 9.98. The second-order valence-electron chi connectivity index (χ2n) is 5.80. The number of aliphatic hydroxyl groups is 2. The van der Waals surface area contributed by atoms with Crippen LogP contribution in [0.4, 0.5) is 0 Å². The van der Waals surface area contributed by atoms with Crippen molar-refractivity contribution in [2.45, 2.75) is 59.2 Å². The molecule has 0 aliphatic carbocycles. The Balaban J connectivity index is 4.31. The van der Waals surface area contributed by atoms with Gasteiger partial charge in [-0.1, -0.05) is 30.7 Å². The van der Waals surface area contributed by atoms with Crippen LogP contribution in [-0.2, 0) is 9.53 Å². The van der Waals surface area contributed by atoms with Gasteiger partial charge in [0.25, 0.3) is 0 Å². The van der Waals surface area contributed by atoms with E-state index in [4.69, 9.17) is 0 Å². The standard InChI is InChI=1S/C18H30O4/c1-13(10-12-18(21)22-5)9-11-17(20)15(3)8-6-7-14(2)16(4)19/h8-10,12,14,16-17,19-20H,6-7,11H2,1-5H3/b12-10+,13-9+,15-8+/t14-,16-,17-/m1/s1. The van der Waals surface area contributed by atoms with E-state index in [1.54, 1.807) is 13.0 Å². The van der Waals surface area contributed by atoms with E-state index in [1.807, 2.05) is 32.9 Å². The number of carbonyl (C=O) groups is 1. The molecule has 22 heavy (non-hydrogen) atoms. The summed E-state index contributed by atoms with van der Waals surface area (Å²) in [5, 5.41) is 19.5. The largest absolute Gasteiger partial charge is 0.466 e. The molecule has 0 heterocycles. The van der Waals surface area contributed by atoms with Gasteiger partial charge in [0.1, 0.15) is 0 Å². The Morgan fingerprint density at radius 1 is 1.14 bits per heavy atom. The van der Waals surface area contributed by atoms with Gasteiger partial charge in [0.15, 0.2) is 0 Å². The fourth-order valence-electron chi connectivity index (χ4n) is 1.77. The van der Waals surface area contributed by atoms with Gasteiger partial charge in [0, 0.05) is 6.08 Å². The van der Waals surface area contributed by atoms with Crippen LogP contribution in [0.1, 0.15) is 47.0 Å². The normalized spacial score (nSPS) is 17.4. The van der Waals surface area contributed by atoms with Gasteiger partial charge in [-0.3, -0.25) is 0 Å². The van der Waals surface area contributed by atoms with Crippen LogP contribution in [0.2, 0.25) is 0 Å². The summed E-state index contributed by atoms with van der Waals surface area (Å²) in [4.78, 5) is 11.0. The number of allylic oxidation sites excluding steroid dienone is 3. The van der Waals surface area contributed by atoms with E-state index in [0.29, 0.717) is 6.42 Å². The summed E-state index contributed by atoms with van der Waals surface area (Å²) in [5.74, 6) is -0.136. The molecule has 0 aliphatic heterocycles. The van der Waals surface area contributed by atoms with Crippen LogP contribution in [0.15, 0.2) is 35.5 Å². The molecule has 4 heteroatoms. The van der Waals surface area contributed by atoms with Crippen LogP contribution in [0.5, 0.6) is 0 Å². The summed E-state index contributed by atoms with van der Waals surface area (Å²) in [5.41, 5.74) is 1.83. The molecule has 0 rings (SSSR count). The minimum Gasteiger partial charge on any atom is -0.466 e. The quantitative estimate of drug-likeness (QED) is 0.297. The molecular weight excluding hydrogens is 280 g/mol. The molecule has 0 radical (unpaired) electrons. The fraction of sp³-hybridized carbons (Fsp3) is 0.611. The molecule has 0 aromatic heterocycles. The van der Waals surface area contributed by atoms with Crippen molar-refractivity contribution in [3.63, 3.8) is 0 Å². The van der Waals surface area contributed by atoms with Gasteiger partial charge in [-0.05, 0) is 51.5 Å². The molecule has 2 N–H and O–H groups in total. The third-order valence-corrected chi connectivity index (χ3v) is 3.78. The molecule has 0 spiro atoms. The zero-order valence-corrected chi connectivity index (χ0v) is 14.4. The topological polar surface area (TPSA) is 66.8 Å². The molecule has 126 valence electrons. The van der Waals surface area contributed by atoms with Crippen molar-refractivity contribution in [2.24, 2.45) is 5.92 Å². The minimum atomic E-state index is -0.525. The summed E-state index contributed by atoms with van der Waals surface area (Å²) in [7, 11) is 1.34. The van der Waals surface area contributed by atoms with Crippen LogP contribution in [0.25, 0.3) is 0 Å². The first-order valence-corrected chi connectivity index (χ1v) is 7.73. The van der Waals surface area contributed by atoms with Crippen molar-refractivity contribution in [3.05, 3.63) is 35.5 Å². The Bertz CT molecular complexity index is 419. The molecule has 3 atom stereocenters. The smallest absolute Gasteiger partial charge is 0.330 e. The van der Waals surface area contributed by atoms with E-state index < -0.39 is 12.1 Å². The SMILES string of the molecule is COC(=O)/C=C/C(C)=C/C[C@@H](O)/C(C)=C/CC[C@@H](C)[C@@H](C)O. The molecule has 0 aliphatic rings. The van der Waals surface area contributed by atoms with Gasteiger partial charge in [0.05, 0.1) is 19.3 Å². The molecule has 0 amide bonds. The average Bonchev–Trinajstić information content (AvgIpc) is 2.49. The maximum atomic E-state index is 11.0. The zero-order valence-electron chi connectivity index (χ0n) is 14.4. The Labute approximate surface area is 134 Å². The van der Waals surface area contributed by atoms with E-state index in [0.717, 1.165) is 24.0 Å². The highest BCUT2D eigenvalue weighted by Gasteiger charge is 2.08. The summed E-state index contributed by atoms with van der Waals surface area (Å²) in [6.07, 6.45) is 8.37. The van der Waals surface area contributed by atoms with E-state index in [1.165, 1.54) is 13.2 Å². The number of ether oxygens (including phenoxy) is 1. The summed E-state index contributed by atoms with van der Waals surface area (Å²) >= 11 is 0. The highest BCUT2D eigenvalue weighted by molar-refractivity contribution is 5.82. The molecule has 0 fully saturated rings. The molecule has 0 unspecified atom stereocenters. The lowest BCUT2D eigenvalue weighted by Gasteiger charge is -2.14. The maximum absolute atomic E-state index is 11.0. The summed E-state index contributed by atoms with van der Waals surface area (Å²) in [6.45, 7) is 7.59. The van der Waals surface area contributed by atoms with Crippen LogP contribution in [0, 0.1) is 5.92 Å². The van der Waals surface area contributed by atoms with Crippen molar-refractivity contribution in [1.29, 1.82) is 0 Å². The van der Waals surface area contributed by atoms with Crippen molar-refractivity contribution >= 4 is 5.97 Å². The highest BCUT2D eigenvalue weighted by Crippen LogP contribution is 2.14. The van der Waals surface area contributed by atoms with Gasteiger partial charge in [-0.15, -0.1) is 0 Å². The zero-order chi connectivity index (χ0) is 17.1. The fourth-order valence-corrected chi connectivity index (χ4v) is 1.77. The van der Waals surface area contributed by atoms with Crippen LogP contribution in [-0.4, -0.2) is 35.5 Å².